The van der Waals surface area contributed by atoms with E-state index in [1.807, 2.05) is 24.3 Å². The van der Waals surface area contributed by atoms with Crippen LogP contribution in [0.3, 0.4) is 0 Å². The van der Waals surface area contributed by atoms with Gasteiger partial charge >= 0.3 is 18.2 Å². The molecule has 0 bridgehead atoms. The maximum Gasteiger partial charge on any atom is 0.418 e. The molecule has 3 aromatic carbocycles. The number of carbonyl (C=O) groups excluding carboxylic acids is 2. The fraction of sp³-hybridized carbons (Fsp3) is 0.310. The third-order valence-corrected chi connectivity index (χ3v) is 6.90. The quantitative estimate of drug-likeness (QED) is 0.310. The Morgan fingerprint density at radius 3 is 2.33 bits per heavy atom. The highest BCUT2D eigenvalue weighted by molar-refractivity contribution is 6.00. The summed E-state index contributed by atoms with van der Waals surface area (Å²) in [5, 5.41) is 16.8. The Hall–Kier alpha value is -4.65. The van der Waals surface area contributed by atoms with Gasteiger partial charge in [-0.15, -0.1) is 0 Å². The van der Waals surface area contributed by atoms with Crippen molar-refractivity contribution in [1.29, 1.82) is 0 Å². The van der Waals surface area contributed by atoms with Crippen molar-refractivity contribution in [2.24, 2.45) is 0 Å². The fourth-order valence-electron chi connectivity index (χ4n) is 4.80. The van der Waals surface area contributed by atoms with Crippen LogP contribution >= 0.6 is 0 Å². The monoisotopic (exact) mass is 585 g/mol. The van der Waals surface area contributed by atoms with Gasteiger partial charge in [-0.2, -0.15) is 13.2 Å². The molecule has 0 saturated carbocycles. The minimum Gasteiger partial charge on any atom is -0.493 e. The van der Waals surface area contributed by atoms with Crippen LogP contribution in [0.2, 0.25) is 0 Å². The average molecular weight is 586 g/mol. The van der Waals surface area contributed by atoms with Crippen LogP contribution in [0.15, 0.2) is 60.7 Å². The van der Waals surface area contributed by atoms with Crippen LogP contribution in [0, 0.1) is 0 Å². The molecule has 0 unspecified atom stereocenters. The van der Waals surface area contributed by atoms with Crippen molar-refractivity contribution in [3.8, 4) is 11.5 Å². The number of hydrogen-bond donors (Lipinski definition) is 4. The Balaban J connectivity index is 1.12. The lowest BCUT2D eigenvalue weighted by atomic mass is 10.1. The molecule has 1 fully saturated rings. The van der Waals surface area contributed by atoms with E-state index in [4.69, 9.17) is 14.6 Å². The number of rotatable bonds is 7. The third kappa shape index (κ3) is 6.97. The number of nitrogens with one attached hydrogen (secondary N) is 3. The molecule has 13 heteroatoms. The van der Waals surface area contributed by atoms with Gasteiger partial charge in [-0.3, -0.25) is 0 Å². The smallest absolute Gasteiger partial charge is 0.418 e. The number of fused-ring (bicyclic) bond motifs is 1. The molecular formula is C29H30F3N5O5. The zero-order valence-corrected chi connectivity index (χ0v) is 22.5. The van der Waals surface area contributed by atoms with E-state index in [1.165, 1.54) is 11.0 Å². The highest BCUT2D eigenvalue weighted by Gasteiger charge is 2.35. The Morgan fingerprint density at radius 2 is 1.62 bits per heavy atom. The summed E-state index contributed by atoms with van der Waals surface area (Å²) in [5.41, 5.74) is 1.82. The first-order valence-electron chi connectivity index (χ1n) is 13.4. The highest BCUT2D eigenvalue weighted by Crippen LogP contribution is 2.37. The molecule has 4 amide bonds. The predicted octanol–water partition coefficient (Wildman–Crippen LogP) is 5.01. The molecule has 0 aromatic heterocycles. The van der Waals surface area contributed by atoms with Crippen molar-refractivity contribution in [1.82, 2.24) is 4.90 Å². The van der Waals surface area contributed by atoms with Crippen LogP contribution < -0.4 is 30.3 Å². The molecule has 42 heavy (non-hydrogen) atoms. The second-order valence-electron chi connectivity index (χ2n) is 9.73. The summed E-state index contributed by atoms with van der Waals surface area (Å²) in [6, 6.07) is 15.0. The largest absolute Gasteiger partial charge is 0.493 e. The first-order chi connectivity index (χ1) is 20.2. The topological polar surface area (TPSA) is 115 Å². The minimum atomic E-state index is -4.71. The number of anilines is 4. The molecular weight excluding hydrogens is 555 g/mol. The van der Waals surface area contributed by atoms with E-state index in [-0.39, 0.29) is 30.7 Å². The van der Waals surface area contributed by atoms with Gasteiger partial charge in [0.05, 0.1) is 24.5 Å². The summed E-state index contributed by atoms with van der Waals surface area (Å²) in [6.07, 6.45) is -3.90. The number of ether oxygens (including phenoxy) is 2. The molecule has 5 rings (SSSR count). The SMILES string of the molecule is O=C(Nc1ccc(N2CCN(C(=O)Nc3ccc(OCCO)cc3C(F)(F)F)CC2)cc1)Nc1ccc2c(c1)CCO2. The van der Waals surface area contributed by atoms with E-state index < -0.39 is 17.8 Å². The summed E-state index contributed by atoms with van der Waals surface area (Å²) in [7, 11) is 0. The minimum absolute atomic E-state index is 0.0561. The Bertz CT molecular complexity index is 1430. The van der Waals surface area contributed by atoms with E-state index in [0.29, 0.717) is 44.2 Å². The number of aliphatic hydroxyl groups excluding tert-OH is 1. The van der Waals surface area contributed by atoms with Crippen molar-refractivity contribution >= 4 is 34.8 Å². The standard InChI is InChI=1S/C29H30F3N5O5/c30-29(31,32)24-18-23(41-16-14-38)6-7-25(24)35-28(40)37-12-10-36(11-13-37)22-4-1-20(2-5-22)33-27(39)34-21-3-8-26-19(17-21)9-15-42-26/h1-8,17-18,38H,9-16H2,(H,35,40)(H2,33,34,39). The average Bonchev–Trinajstić information content (AvgIpc) is 3.44. The molecule has 0 aliphatic carbocycles. The maximum atomic E-state index is 13.6. The van der Waals surface area contributed by atoms with Crippen molar-refractivity contribution in [2.45, 2.75) is 12.6 Å². The van der Waals surface area contributed by atoms with Crippen LogP contribution in [0.25, 0.3) is 0 Å². The Labute approximate surface area is 240 Å². The first kappa shape index (κ1) is 28.9. The first-order valence-corrected chi connectivity index (χ1v) is 13.4. The van der Waals surface area contributed by atoms with E-state index in [0.717, 1.165) is 35.6 Å². The second kappa shape index (κ2) is 12.5. The van der Waals surface area contributed by atoms with Gasteiger partial charge in [-0.25, -0.2) is 9.59 Å². The predicted molar refractivity (Wildman–Crippen MR) is 152 cm³/mol. The van der Waals surface area contributed by atoms with Crippen molar-refractivity contribution in [3.63, 3.8) is 0 Å². The number of carbonyl (C=O) groups is 2. The van der Waals surface area contributed by atoms with Gasteiger partial charge in [0.2, 0.25) is 0 Å². The van der Waals surface area contributed by atoms with E-state index in [1.54, 1.807) is 18.2 Å². The second-order valence-corrected chi connectivity index (χ2v) is 9.73. The number of urea groups is 2. The molecule has 4 N–H and O–H groups in total. The fourth-order valence-corrected chi connectivity index (χ4v) is 4.80. The lowest BCUT2D eigenvalue weighted by Gasteiger charge is -2.36. The molecule has 0 radical (unpaired) electrons. The molecule has 2 aliphatic heterocycles. The molecule has 3 aromatic rings. The van der Waals surface area contributed by atoms with Crippen LogP contribution in [0.4, 0.5) is 45.5 Å². The van der Waals surface area contributed by atoms with Crippen LogP contribution in [0.5, 0.6) is 11.5 Å². The van der Waals surface area contributed by atoms with E-state index in [2.05, 4.69) is 20.9 Å². The normalized spacial score (nSPS) is 14.6. The summed E-state index contributed by atoms with van der Waals surface area (Å²) in [6.45, 7) is 1.72. The Morgan fingerprint density at radius 1 is 0.905 bits per heavy atom. The third-order valence-electron chi connectivity index (χ3n) is 6.90. The van der Waals surface area contributed by atoms with Gasteiger partial charge in [0.1, 0.15) is 18.1 Å². The van der Waals surface area contributed by atoms with Gasteiger partial charge in [0.15, 0.2) is 0 Å². The van der Waals surface area contributed by atoms with Gasteiger partial charge in [0.25, 0.3) is 0 Å². The van der Waals surface area contributed by atoms with Crippen LogP contribution in [0.1, 0.15) is 11.1 Å². The molecule has 0 spiro atoms. The van der Waals surface area contributed by atoms with Gasteiger partial charge < -0.3 is 40.3 Å². The zero-order chi connectivity index (χ0) is 29.7. The summed E-state index contributed by atoms with van der Waals surface area (Å²) in [5.74, 6) is 0.782. The number of amides is 4. The summed E-state index contributed by atoms with van der Waals surface area (Å²) >= 11 is 0. The molecule has 0 atom stereocenters. The van der Waals surface area contributed by atoms with Crippen LogP contribution in [-0.4, -0.2) is 68.1 Å². The number of alkyl halides is 3. The highest BCUT2D eigenvalue weighted by atomic mass is 19.4. The zero-order valence-electron chi connectivity index (χ0n) is 22.5. The molecule has 2 heterocycles. The van der Waals surface area contributed by atoms with Crippen molar-refractivity contribution in [2.75, 3.05) is 66.8 Å². The number of nitrogens with zero attached hydrogens (tertiary/aromatic N) is 2. The summed E-state index contributed by atoms with van der Waals surface area (Å²) in [4.78, 5) is 28.7. The number of halogens is 3. The molecule has 222 valence electrons. The van der Waals surface area contributed by atoms with Crippen LogP contribution in [-0.2, 0) is 12.6 Å². The lowest BCUT2D eigenvalue weighted by Crippen LogP contribution is -2.50. The van der Waals surface area contributed by atoms with E-state index in [9.17, 15) is 22.8 Å². The van der Waals surface area contributed by atoms with E-state index >= 15 is 0 Å². The van der Waals surface area contributed by atoms with Gasteiger partial charge in [0, 0.05) is 49.7 Å². The van der Waals surface area contributed by atoms with Crippen molar-refractivity contribution in [3.05, 3.63) is 71.8 Å². The molecule has 2 aliphatic rings. The lowest BCUT2D eigenvalue weighted by molar-refractivity contribution is -0.137. The summed E-state index contributed by atoms with van der Waals surface area (Å²) < 4.78 is 51.4. The number of piperazine rings is 1. The molecule has 10 nitrogen and oxygen atoms in total. The Kier molecular flexibility index (Phi) is 8.57. The van der Waals surface area contributed by atoms with Gasteiger partial charge in [-0.1, -0.05) is 0 Å². The number of benzene rings is 3. The number of aliphatic hydroxyl groups is 1. The molecule has 1 saturated heterocycles. The number of hydrogen-bond acceptors (Lipinski definition) is 6. The maximum absolute atomic E-state index is 13.6. The van der Waals surface area contributed by atoms with Gasteiger partial charge in [-0.05, 0) is 66.2 Å². The van der Waals surface area contributed by atoms with Crippen molar-refractivity contribution < 1.29 is 37.3 Å².